The Morgan fingerprint density at radius 3 is 2.45 bits per heavy atom. The molecule has 0 aliphatic heterocycles. The predicted molar refractivity (Wildman–Crippen MR) is 80.2 cm³/mol. The van der Waals surface area contributed by atoms with Crippen LogP contribution in [0.3, 0.4) is 0 Å². The number of halogens is 5. The van der Waals surface area contributed by atoms with Gasteiger partial charge in [0, 0.05) is 11.9 Å². The first kappa shape index (κ1) is 15.9. The summed E-state index contributed by atoms with van der Waals surface area (Å²) in [6.45, 7) is 0. The van der Waals surface area contributed by atoms with Crippen molar-refractivity contribution in [2.75, 3.05) is 0 Å². The standard InChI is InChI=1S/C10H5Cl4FN2O2S/c11-6-2-1-5(3-7(6)12)17-8(18)4-16(9(17)19)20-10(13,14)15/h1-4,18H. The summed E-state index contributed by atoms with van der Waals surface area (Å²) >= 11 is 22.1. The third-order valence-corrected chi connectivity index (χ3v) is 4.02. The van der Waals surface area contributed by atoms with Crippen molar-refractivity contribution in [1.82, 2.24) is 8.54 Å². The highest BCUT2D eigenvalue weighted by molar-refractivity contribution is 8.01. The molecule has 0 fully saturated rings. The molecule has 1 N–H and O–H groups in total. The Bertz CT molecular complexity index is 710. The normalized spacial score (nSPS) is 11.8. The van der Waals surface area contributed by atoms with Gasteiger partial charge in [-0.05, 0) is 18.2 Å². The van der Waals surface area contributed by atoms with E-state index < -0.39 is 15.5 Å². The number of aromatic nitrogens is 2. The fourth-order valence-corrected chi connectivity index (χ4v) is 2.73. The first-order valence-corrected chi connectivity index (χ1v) is 7.22. The average molecular weight is 378 g/mol. The maximum absolute atomic E-state index is 13.1. The number of hydrogen-bond acceptors (Lipinski definition) is 3. The van der Waals surface area contributed by atoms with Crippen molar-refractivity contribution in [2.45, 2.75) is 3.92 Å². The lowest BCUT2D eigenvalue weighted by atomic mass is 10.3. The van der Waals surface area contributed by atoms with Gasteiger partial charge >= 0.3 is 9.61 Å². The topological polar surface area (TPSA) is 47.2 Å². The van der Waals surface area contributed by atoms with Crippen molar-refractivity contribution in [1.29, 1.82) is 0 Å². The van der Waals surface area contributed by atoms with Crippen molar-refractivity contribution in [2.24, 2.45) is 0 Å². The minimum Gasteiger partial charge on any atom is -0.493 e. The van der Waals surface area contributed by atoms with Crippen LogP contribution >= 0.6 is 58.4 Å². The van der Waals surface area contributed by atoms with E-state index in [0.29, 0.717) is 5.02 Å². The Morgan fingerprint density at radius 2 is 1.90 bits per heavy atom. The second kappa shape index (κ2) is 5.69. The molecule has 2 rings (SSSR count). The Labute approximate surface area is 136 Å². The summed E-state index contributed by atoms with van der Waals surface area (Å²) < 4.78 is 12.1. The number of hydrogen-bond donors (Lipinski definition) is 1. The molecule has 0 bridgehead atoms. The van der Waals surface area contributed by atoms with Crippen LogP contribution in [-0.2, 0) is 0 Å². The second-order valence-corrected chi connectivity index (χ2v) is 7.20. The van der Waals surface area contributed by atoms with E-state index >= 15 is 0 Å². The minimum atomic E-state index is -2.71. The van der Waals surface area contributed by atoms with E-state index in [-0.39, 0.29) is 22.7 Å². The Kier molecular flexibility index (Phi) is 4.51. The smallest absolute Gasteiger partial charge is 0.346 e. The Hall–Kier alpha value is -0.530. The molecule has 10 heteroatoms. The molecule has 1 heterocycles. The zero-order valence-corrected chi connectivity index (χ0v) is 13.2. The third kappa shape index (κ3) is 3.38. The van der Waals surface area contributed by atoms with Gasteiger partial charge in [-0.25, -0.2) is 13.3 Å². The van der Waals surface area contributed by atoms with E-state index in [0.717, 1.165) is 14.7 Å². The van der Waals surface area contributed by atoms with Gasteiger partial charge in [-0.2, -0.15) is 4.39 Å². The van der Waals surface area contributed by atoms with E-state index in [1.165, 1.54) is 18.2 Å². The molecule has 0 saturated carbocycles. The molecule has 20 heavy (non-hydrogen) atoms. The highest BCUT2D eigenvalue weighted by Crippen LogP contribution is 2.37. The molecule has 1 aromatic heterocycles. The Balaban J connectivity index is 2.53. The summed E-state index contributed by atoms with van der Waals surface area (Å²) in [4.78, 5) is 12.0. The number of alkyl halides is 3. The number of imidazole rings is 1. The van der Waals surface area contributed by atoms with Crippen LogP contribution in [0.25, 0.3) is 5.69 Å². The first-order valence-electron chi connectivity index (χ1n) is 4.94. The summed E-state index contributed by atoms with van der Waals surface area (Å²) in [6.07, 6.45) is 0.981. The minimum absolute atomic E-state index is 0.193. The molecule has 2 aromatic rings. The highest BCUT2D eigenvalue weighted by Gasteiger charge is 2.27. The molecule has 108 valence electrons. The summed E-state index contributed by atoms with van der Waals surface area (Å²) in [5.74, 6) is -0.432. The van der Waals surface area contributed by atoms with Gasteiger partial charge in [0.2, 0.25) is 5.88 Å². The van der Waals surface area contributed by atoms with Crippen LogP contribution < -0.4 is 5.69 Å². The van der Waals surface area contributed by atoms with Crippen molar-refractivity contribution in [3.05, 3.63) is 44.9 Å². The first-order chi connectivity index (χ1) is 9.19. The number of nitrogens with zero attached hydrogens (tertiary/aromatic N) is 2. The van der Waals surface area contributed by atoms with Crippen LogP contribution in [-0.4, -0.2) is 17.6 Å². The highest BCUT2D eigenvalue weighted by atomic mass is 35.5. The summed E-state index contributed by atoms with van der Waals surface area (Å²) in [5.41, 5.74) is -0.496. The molecule has 4 nitrogen and oxygen atoms in total. The van der Waals surface area contributed by atoms with Gasteiger partial charge in [-0.3, -0.25) is 0 Å². The van der Waals surface area contributed by atoms with Gasteiger partial charge in [0.1, 0.15) is 0 Å². The van der Waals surface area contributed by atoms with Gasteiger partial charge in [0.05, 0.1) is 21.9 Å². The largest absolute Gasteiger partial charge is 0.493 e. The van der Waals surface area contributed by atoms with Crippen molar-refractivity contribution in [3.8, 4) is 11.6 Å². The molecule has 0 amide bonds. The van der Waals surface area contributed by atoms with Crippen molar-refractivity contribution < 1.29 is 9.50 Å². The zero-order chi connectivity index (χ0) is 15.1. The van der Waals surface area contributed by atoms with Crippen molar-refractivity contribution in [3.63, 3.8) is 0 Å². The molecule has 1 aromatic carbocycles. The lowest BCUT2D eigenvalue weighted by Crippen LogP contribution is -2.21. The fourth-order valence-electron chi connectivity index (χ4n) is 1.46. The van der Waals surface area contributed by atoms with Gasteiger partial charge in [-0.1, -0.05) is 46.4 Å². The molecule has 0 spiro atoms. The van der Waals surface area contributed by atoms with Gasteiger partial charge in [0.25, 0.3) is 0 Å². The maximum Gasteiger partial charge on any atom is 0.346 e. The van der Waals surface area contributed by atoms with E-state index in [1.807, 2.05) is 0 Å². The molecular weight excluding hydrogens is 373 g/mol. The molecule has 0 saturated heterocycles. The van der Waals surface area contributed by atoms with E-state index in [4.69, 9.17) is 46.4 Å². The van der Waals surface area contributed by atoms with Crippen LogP contribution in [0, 0.1) is 0 Å². The van der Waals surface area contributed by atoms with Gasteiger partial charge in [0.15, 0.2) is 0 Å². The van der Waals surface area contributed by atoms with Crippen LogP contribution in [0.4, 0.5) is 4.39 Å². The number of rotatable bonds is 3. The van der Waals surface area contributed by atoms with Crippen LogP contribution in [0.2, 0.25) is 10.0 Å². The summed E-state index contributed by atoms with van der Waals surface area (Å²) in [5, 5.41) is 10.3. The molecule has 0 unspecified atom stereocenters. The van der Waals surface area contributed by atoms with Crippen molar-refractivity contribution >= 4 is 58.4 Å². The average Bonchev–Trinajstić information content (AvgIpc) is 2.56. The van der Waals surface area contributed by atoms with Crippen LogP contribution in [0.5, 0.6) is 5.88 Å². The monoisotopic (exact) mass is 376 g/mol. The predicted octanol–water partition coefficient (Wildman–Crippen LogP) is 4.21. The number of benzene rings is 1. The third-order valence-electron chi connectivity index (χ3n) is 2.20. The van der Waals surface area contributed by atoms with Crippen LogP contribution in [0.1, 0.15) is 0 Å². The van der Waals surface area contributed by atoms with Gasteiger partial charge in [-0.15, -0.1) is 0 Å². The molecule has 0 aliphatic carbocycles. The van der Waals surface area contributed by atoms with Gasteiger partial charge < -0.3 is 5.11 Å². The molecule has 0 aliphatic rings. The maximum atomic E-state index is 13.1. The number of aromatic hydroxyl groups is 1. The van der Waals surface area contributed by atoms with E-state index in [2.05, 4.69) is 0 Å². The lowest BCUT2D eigenvalue weighted by Gasteiger charge is -2.07. The SMILES string of the molecule is O=c1n(SC(F)(Cl)Cl)cc(O)n1-c1ccc(Cl)c(Cl)c1. The van der Waals surface area contributed by atoms with E-state index in [9.17, 15) is 14.3 Å². The molecule has 0 radical (unpaired) electrons. The fraction of sp³-hybridized carbons (Fsp3) is 0.100. The zero-order valence-electron chi connectivity index (χ0n) is 9.36. The lowest BCUT2D eigenvalue weighted by molar-refractivity contribution is 0.441. The summed E-state index contributed by atoms with van der Waals surface area (Å²) in [6, 6.07) is 4.30. The van der Waals surface area contributed by atoms with Crippen LogP contribution in [0.15, 0.2) is 29.2 Å². The Morgan fingerprint density at radius 1 is 1.25 bits per heavy atom. The second-order valence-electron chi connectivity index (χ2n) is 3.57. The summed E-state index contributed by atoms with van der Waals surface area (Å²) in [7, 11) is 0. The quantitative estimate of drug-likeness (QED) is 0.815. The molecular formula is C10H5Cl4FN2O2S. The van der Waals surface area contributed by atoms with E-state index in [1.54, 1.807) is 0 Å². The molecule has 0 atom stereocenters.